The second kappa shape index (κ2) is 6.06. The molecule has 0 aliphatic rings. The summed E-state index contributed by atoms with van der Waals surface area (Å²) in [5.41, 5.74) is 0.204. The van der Waals surface area contributed by atoms with Crippen molar-refractivity contribution in [3.63, 3.8) is 0 Å². The molecule has 0 bridgehead atoms. The zero-order valence-electron chi connectivity index (χ0n) is 11.7. The average molecular weight is 379 g/mol. The van der Waals surface area contributed by atoms with Crippen molar-refractivity contribution in [2.45, 2.75) is 26.1 Å². The lowest BCUT2D eigenvalue weighted by molar-refractivity contribution is -0.137. The molecule has 0 amide bonds. The zero-order valence-corrected chi connectivity index (χ0v) is 14.1. The average Bonchev–Trinajstić information content (AvgIpc) is 2.78. The smallest absolute Gasteiger partial charge is 0.312 e. The molecular weight excluding hydrogens is 365 g/mol. The molecule has 0 saturated carbocycles. The quantitative estimate of drug-likeness (QED) is 0.795. The zero-order chi connectivity index (χ0) is 15.8. The molecule has 0 spiro atoms. The largest absolute Gasteiger partial charge is 0.417 e. The van der Waals surface area contributed by atoms with Crippen molar-refractivity contribution in [2.24, 2.45) is 0 Å². The highest BCUT2D eigenvalue weighted by Crippen LogP contribution is 2.41. The molecule has 1 atom stereocenters. The van der Waals surface area contributed by atoms with Gasteiger partial charge >= 0.3 is 6.18 Å². The molecule has 1 aromatic carbocycles. The molecule has 0 saturated heterocycles. The lowest BCUT2D eigenvalue weighted by Crippen LogP contribution is -2.11. The van der Waals surface area contributed by atoms with Gasteiger partial charge in [0.15, 0.2) is 0 Å². The van der Waals surface area contributed by atoms with Crippen LogP contribution in [-0.4, -0.2) is 12.0 Å². The fourth-order valence-corrected chi connectivity index (χ4v) is 3.52. The summed E-state index contributed by atoms with van der Waals surface area (Å²) in [7, 11) is 1.81. The van der Waals surface area contributed by atoms with Gasteiger partial charge in [0.1, 0.15) is 5.01 Å². The van der Waals surface area contributed by atoms with Gasteiger partial charge in [-0.05, 0) is 33.0 Å². The van der Waals surface area contributed by atoms with E-state index in [0.29, 0.717) is 9.48 Å². The number of hydrogen-bond acceptors (Lipinski definition) is 3. The minimum atomic E-state index is -4.41. The monoisotopic (exact) mass is 378 g/mol. The lowest BCUT2D eigenvalue weighted by atomic mass is 10.1. The Kier molecular flexibility index (Phi) is 4.75. The number of alkyl halides is 3. The van der Waals surface area contributed by atoms with E-state index in [2.05, 4.69) is 26.2 Å². The summed E-state index contributed by atoms with van der Waals surface area (Å²) in [6.07, 6.45) is -4.41. The first kappa shape index (κ1) is 16.5. The van der Waals surface area contributed by atoms with Gasteiger partial charge < -0.3 is 5.32 Å². The molecule has 2 aromatic rings. The summed E-state index contributed by atoms with van der Waals surface area (Å²) >= 11 is 4.38. The molecule has 0 fully saturated rings. The third-order valence-electron chi connectivity index (χ3n) is 3.18. The van der Waals surface area contributed by atoms with E-state index in [1.54, 1.807) is 6.07 Å². The Morgan fingerprint density at radius 2 is 2.00 bits per heavy atom. The molecule has 21 heavy (non-hydrogen) atoms. The Morgan fingerprint density at radius 1 is 1.33 bits per heavy atom. The number of rotatable bonds is 3. The van der Waals surface area contributed by atoms with Crippen LogP contribution in [0.3, 0.4) is 0 Å². The lowest BCUT2D eigenvalue weighted by Gasteiger charge is -2.11. The summed E-state index contributed by atoms with van der Waals surface area (Å²) in [6.45, 7) is 3.77. The van der Waals surface area contributed by atoms with Gasteiger partial charge in [-0.1, -0.05) is 22.0 Å². The van der Waals surface area contributed by atoms with Crippen LogP contribution in [0.1, 0.15) is 29.1 Å². The number of halogens is 4. The molecule has 7 heteroatoms. The normalized spacial score (nSPS) is 13.5. The Hall–Kier alpha value is -0.920. The predicted molar refractivity (Wildman–Crippen MR) is 82.5 cm³/mol. The van der Waals surface area contributed by atoms with Crippen LogP contribution >= 0.6 is 27.3 Å². The van der Waals surface area contributed by atoms with Gasteiger partial charge in [-0.3, -0.25) is 0 Å². The molecule has 1 heterocycles. The molecule has 0 radical (unpaired) electrons. The first-order valence-corrected chi connectivity index (χ1v) is 7.86. The highest BCUT2D eigenvalue weighted by Gasteiger charge is 2.34. The molecule has 1 unspecified atom stereocenters. The van der Waals surface area contributed by atoms with Gasteiger partial charge in [0.25, 0.3) is 0 Å². The van der Waals surface area contributed by atoms with Gasteiger partial charge in [0, 0.05) is 21.0 Å². The van der Waals surface area contributed by atoms with Gasteiger partial charge in [0.2, 0.25) is 0 Å². The maximum Gasteiger partial charge on any atom is 0.417 e. The van der Waals surface area contributed by atoms with E-state index >= 15 is 0 Å². The van der Waals surface area contributed by atoms with Crippen LogP contribution in [0.2, 0.25) is 0 Å². The number of aryl methyl sites for hydroxylation is 1. The SMILES string of the molecule is CNC(C)c1sc(-c2ccc(Br)cc2C(F)(F)F)nc1C. The number of nitrogens with zero attached hydrogens (tertiary/aromatic N) is 1. The number of benzene rings is 1. The molecule has 2 nitrogen and oxygen atoms in total. The van der Waals surface area contributed by atoms with Crippen molar-refractivity contribution in [2.75, 3.05) is 7.05 Å². The van der Waals surface area contributed by atoms with Crippen LogP contribution in [0.15, 0.2) is 22.7 Å². The Balaban J connectivity index is 2.57. The Bertz CT molecular complexity index is 652. The van der Waals surface area contributed by atoms with E-state index in [1.807, 2.05) is 20.9 Å². The van der Waals surface area contributed by atoms with Gasteiger partial charge in [-0.2, -0.15) is 13.2 Å². The Morgan fingerprint density at radius 3 is 2.57 bits per heavy atom. The third kappa shape index (κ3) is 3.46. The van der Waals surface area contributed by atoms with Crippen molar-refractivity contribution >= 4 is 27.3 Å². The van der Waals surface area contributed by atoms with Crippen molar-refractivity contribution in [3.8, 4) is 10.6 Å². The number of aromatic nitrogens is 1. The molecule has 2 rings (SSSR count). The van der Waals surface area contributed by atoms with Crippen molar-refractivity contribution < 1.29 is 13.2 Å². The highest BCUT2D eigenvalue weighted by molar-refractivity contribution is 9.10. The summed E-state index contributed by atoms with van der Waals surface area (Å²) in [6, 6.07) is 4.20. The molecular formula is C14H14BrF3N2S. The Labute approximate surface area is 133 Å². The van der Waals surface area contributed by atoms with E-state index in [1.165, 1.54) is 17.4 Å². The van der Waals surface area contributed by atoms with Gasteiger partial charge in [-0.15, -0.1) is 11.3 Å². The molecule has 1 N–H and O–H groups in total. The van der Waals surface area contributed by atoms with E-state index in [0.717, 1.165) is 16.6 Å². The van der Waals surface area contributed by atoms with E-state index in [-0.39, 0.29) is 11.6 Å². The second-order valence-corrected chi connectivity index (χ2v) is 6.61. The molecule has 114 valence electrons. The standard InChI is InChI=1S/C14H14BrF3N2S/c1-7(19-3)12-8(2)20-13(21-12)10-5-4-9(15)6-11(10)14(16,17)18/h4-7,19H,1-3H3. The van der Waals surface area contributed by atoms with Crippen molar-refractivity contribution in [3.05, 3.63) is 38.8 Å². The van der Waals surface area contributed by atoms with Crippen molar-refractivity contribution in [1.82, 2.24) is 10.3 Å². The van der Waals surface area contributed by atoms with Gasteiger partial charge in [-0.25, -0.2) is 4.98 Å². The van der Waals surface area contributed by atoms with E-state index < -0.39 is 11.7 Å². The maximum absolute atomic E-state index is 13.2. The fourth-order valence-electron chi connectivity index (χ4n) is 1.99. The first-order valence-electron chi connectivity index (χ1n) is 6.25. The van der Waals surface area contributed by atoms with Crippen molar-refractivity contribution in [1.29, 1.82) is 0 Å². The predicted octanol–water partition coefficient (Wildman–Crippen LogP) is 5.18. The summed E-state index contributed by atoms with van der Waals surface area (Å²) in [5.74, 6) is 0. The van der Waals surface area contributed by atoms with Crippen LogP contribution in [0, 0.1) is 6.92 Å². The van der Waals surface area contributed by atoms with Crippen LogP contribution in [-0.2, 0) is 6.18 Å². The van der Waals surface area contributed by atoms with E-state index in [4.69, 9.17) is 0 Å². The minimum Gasteiger partial charge on any atom is -0.312 e. The second-order valence-electron chi connectivity index (χ2n) is 4.67. The van der Waals surface area contributed by atoms with Gasteiger partial charge in [0.05, 0.1) is 11.3 Å². The fraction of sp³-hybridized carbons (Fsp3) is 0.357. The first-order chi connectivity index (χ1) is 9.74. The summed E-state index contributed by atoms with van der Waals surface area (Å²) < 4.78 is 40.0. The van der Waals surface area contributed by atoms with Crippen LogP contribution in [0.25, 0.3) is 10.6 Å². The third-order valence-corrected chi connectivity index (χ3v) is 5.04. The maximum atomic E-state index is 13.2. The number of thiazole rings is 1. The van der Waals surface area contributed by atoms with Crippen LogP contribution in [0.4, 0.5) is 13.2 Å². The number of nitrogens with one attached hydrogen (secondary N) is 1. The number of hydrogen-bond donors (Lipinski definition) is 1. The topological polar surface area (TPSA) is 24.9 Å². The van der Waals surface area contributed by atoms with Crippen LogP contribution < -0.4 is 5.32 Å². The highest BCUT2D eigenvalue weighted by atomic mass is 79.9. The molecule has 1 aromatic heterocycles. The van der Waals surface area contributed by atoms with E-state index in [9.17, 15) is 13.2 Å². The molecule has 0 aliphatic carbocycles. The minimum absolute atomic E-state index is 0.0565. The molecule has 0 aliphatic heterocycles. The summed E-state index contributed by atoms with van der Waals surface area (Å²) in [5, 5.41) is 3.47. The summed E-state index contributed by atoms with van der Waals surface area (Å²) in [4.78, 5) is 5.26. The van der Waals surface area contributed by atoms with Crippen LogP contribution in [0.5, 0.6) is 0 Å².